The molecule has 2 amide bonds. The zero-order valence-corrected chi connectivity index (χ0v) is 20.2. The van der Waals surface area contributed by atoms with Gasteiger partial charge in [-0.15, -0.1) is 23.2 Å². The lowest BCUT2D eigenvalue weighted by atomic mass is 9.78. The van der Waals surface area contributed by atoms with Crippen molar-refractivity contribution in [1.82, 2.24) is 5.32 Å². The second-order valence-electron chi connectivity index (χ2n) is 7.99. The molecule has 2 aromatic rings. The number of amides is 2. The highest BCUT2D eigenvalue weighted by Crippen LogP contribution is 2.65. The molecule has 5 nitrogen and oxygen atoms in total. The molecule has 0 spiro atoms. The van der Waals surface area contributed by atoms with E-state index in [1.165, 1.54) is 12.1 Å². The number of anilines is 1. The molecule has 0 aliphatic heterocycles. The quantitative estimate of drug-likeness (QED) is 0.441. The number of alkyl halides is 2. The van der Waals surface area contributed by atoms with Gasteiger partial charge in [-0.05, 0) is 55.2 Å². The Kier molecular flexibility index (Phi) is 6.30. The Hall–Kier alpha value is -1.68. The first-order chi connectivity index (χ1) is 15.1. The lowest BCUT2D eigenvalue weighted by molar-refractivity contribution is -0.117. The fraction of sp³-hybridized carbons (Fsp3) is 0.318. The molecule has 10 heteroatoms. The van der Waals surface area contributed by atoms with E-state index in [0.29, 0.717) is 34.1 Å². The molecule has 0 saturated heterocycles. The molecule has 4 rings (SSSR count). The fourth-order valence-corrected chi connectivity index (χ4v) is 5.19. The third kappa shape index (κ3) is 4.27. The average molecular weight is 532 g/mol. The van der Waals surface area contributed by atoms with Crippen LogP contribution in [0, 0.1) is 17.2 Å². The lowest BCUT2D eigenvalue weighted by Gasteiger charge is -2.35. The van der Waals surface area contributed by atoms with E-state index in [1.807, 2.05) is 0 Å². The van der Waals surface area contributed by atoms with E-state index in [0.717, 1.165) is 6.42 Å². The predicted octanol–water partition coefficient (Wildman–Crippen LogP) is 6.35. The number of carbonyl (C=O) groups excluding carboxylic acids is 2. The topological polar surface area (TPSA) is 82.0 Å². The summed E-state index contributed by atoms with van der Waals surface area (Å²) >= 11 is 31.0. The van der Waals surface area contributed by atoms with Crippen LogP contribution in [0.1, 0.15) is 41.1 Å². The van der Waals surface area contributed by atoms with Gasteiger partial charge in [0.1, 0.15) is 9.87 Å². The van der Waals surface area contributed by atoms with Crippen LogP contribution in [0.5, 0.6) is 0 Å². The Morgan fingerprint density at radius 2 is 1.69 bits per heavy atom. The summed E-state index contributed by atoms with van der Waals surface area (Å²) in [6.45, 7) is 0. The molecule has 32 heavy (non-hydrogen) atoms. The van der Waals surface area contributed by atoms with Crippen molar-refractivity contribution in [3.05, 3.63) is 62.6 Å². The van der Waals surface area contributed by atoms with Crippen LogP contribution in [-0.2, 0) is 4.79 Å². The third-order valence-corrected chi connectivity index (χ3v) is 7.90. The summed E-state index contributed by atoms with van der Waals surface area (Å²) < 4.78 is -1.31. The number of hydrogen-bond acceptors (Lipinski definition) is 3. The van der Waals surface area contributed by atoms with Crippen LogP contribution in [0.2, 0.25) is 15.1 Å². The van der Waals surface area contributed by atoms with Gasteiger partial charge in [0.05, 0.1) is 32.6 Å². The Balaban J connectivity index is 1.50. The molecule has 0 bridgehead atoms. The number of halogens is 5. The highest BCUT2D eigenvalue weighted by atomic mass is 35.5. The molecule has 0 aromatic heterocycles. The molecular formula is C22H16Cl5N3O2. The molecule has 2 saturated carbocycles. The van der Waals surface area contributed by atoms with Crippen molar-refractivity contribution in [3.63, 3.8) is 0 Å². The fourth-order valence-electron chi connectivity index (χ4n) is 3.85. The van der Waals surface area contributed by atoms with E-state index in [2.05, 4.69) is 16.7 Å². The van der Waals surface area contributed by atoms with Gasteiger partial charge in [-0.3, -0.25) is 9.59 Å². The molecule has 0 unspecified atom stereocenters. The predicted molar refractivity (Wildman–Crippen MR) is 127 cm³/mol. The van der Waals surface area contributed by atoms with E-state index in [4.69, 9.17) is 58.0 Å². The van der Waals surface area contributed by atoms with Gasteiger partial charge in [-0.25, -0.2) is 0 Å². The summed E-state index contributed by atoms with van der Waals surface area (Å²) in [6, 6.07) is 11.7. The number of benzene rings is 2. The number of nitrogens with zero attached hydrogens (tertiary/aromatic N) is 1. The maximum Gasteiger partial charge on any atom is 0.254 e. The van der Waals surface area contributed by atoms with Crippen LogP contribution in [0.15, 0.2) is 36.4 Å². The van der Waals surface area contributed by atoms with Gasteiger partial charge in [-0.1, -0.05) is 40.9 Å². The van der Waals surface area contributed by atoms with Crippen molar-refractivity contribution in [2.75, 3.05) is 5.32 Å². The van der Waals surface area contributed by atoms with Crippen LogP contribution in [0.4, 0.5) is 5.69 Å². The Labute approximate surface area is 209 Å². The largest absolute Gasteiger partial charge is 0.334 e. The first kappa shape index (κ1) is 23.5. The molecule has 0 radical (unpaired) electrons. The maximum absolute atomic E-state index is 12.9. The van der Waals surface area contributed by atoms with Crippen molar-refractivity contribution in [3.8, 4) is 6.07 Å². The van der Waals surface area contributed by atoms with Gasteiger partial charge in [0.25, 0.3) is 5.91 Å². The molecule has 166 valence electrons. The van der Waals surface area contributed by atoms with Gasteiger partial charge in [0.2, 0.25) is 5.91 Å². The zero-order chi connectivity index (χ0) is 23.3. The Bertz CT molecular complexity index is 1160. The maximum atomic E-state index is 12.9. The summed E-state index contributed by atoms with van der Waals surface area (Å²) in [5.41, 5.74) is 0.347. The molecule has 0 heterocycles. The molecule has 2 aliphatic rings. The monoisotopic (exact) mass is 529 g/mol. The van der Waals surface area contributed by atoms with Crippen molar-refractivity contribution in [2.45, 2.75) is 35.1 Å². The number of nitrogens with one attached hydrogen (secondary N) is 2. The van der Waals surface area contributed by atoms with E-state index >= 15 is 0 Å². The minimum atomic E-state index is -1.31. The van der Waals surface area contributed by atoms with Crippen LogP contribution in [0.3, 0.4) is 0 Å². The van der Waals surface area contributed by atoms with Crippen molar-refractivity contribution in [1.29, 1.82) is 5.26 Å². The zero-order valence-electron chi connectivity index (χ0n) is 16.4. The van der Waals surface area contributed by atoms with Gasteiger partial charge in [0, 0.05) is 11.6 Å². The molecule has 2 aromatic carbocycles. The van der Waals surface area contributed by atoms with Crippen LogP contribution >= 0.6 is 58.0 Å². The first-order valence-corrected chi connectivity index (χ1v) is 11.6. The SMILES string of the molecule is N#CC1(NC(=O)c2cc(NC(=O)[C@H]3[C@H](c4ccc(Cl)c(Cl)c4)C3(Cl)Cl)ccc2Cl)CCC1. The summed E-state index contributed by atoms with van der Waals surface area (Å²) in [4.78, 5) is 25.6. The van der Waals surface area contributed by atoms with Gasteiger partial charge in [-0.2, -0.15) is 5.26 Å². The van der Waals surface area contributed by atoms with Crippen LogP contribution in [0.25, 0.3) is 0 Å². The Morgan fingerprint density at radius 1 is 1.00 bits per heavy atom. The number of hydrogen-bond donors (Lipinski definition) is 2. The average Bonchev–Trinajstić information content (AvgIpc) is 3.30. The first-order valence-electron chi connectivity index (χ1n) is 9.75. The van der Waals surface area contributed by atoms with Crippen molar-refractivity contribution < 1.29 is 9.59 Å². The van der Waals surface area contributed by atoms with Gasteiger partial charge in [0.15, 0.2) is 0 Å². The van der Waals surface area contributed by atoms with E-state index in [1.54, 1.807) is 24.3 Å². The normalized spacial score (nSPS) is 22.2. The summed E-state index contributed by atoms with van der Waals surface area (Å²) in [6.07, 6.45) is 2.06. The summed E-state index contributed by atoms with van der Waals surface area (Å²) in [5, 5.41) is 15.8. The van der Waals surface area contributed by atoms with Crippen molar-refractivity contribution >= 4 is 75.5 Å². The van der Waals surface area contributed by atoms with Crippen LogP contribution < -0.4 is 10.6 Å². The molecule has 2 N–H and O–H groups in total. The molecule has 2 fully saturated rings. The number of carbonyl (C=O) groups is 2. The molecule has 2 atom stereocenters. The standard InChI is InChI=1S/C22H16Cl5N3O2/c23-14-5-3-12(9-13(14)19(31)30-21(10-28)6-1-7-21)29-20(32)18-17(22(18,26)27)11-2-4-15(24)16(25)8-11/h2-5,8-9,17-18H,1,6-7H2,(H,29,32)(H,30,31)/t17-,18+/m0/s1. The van der Waals surface area contributed by atoms with Gasteiger partial charge >= 0.3 is 0 Å². The Morgan fingerprint density at radius 3 is 2.28 bits per heavy atom. The van der Waals surface area contributed by atoms with E-state index < -0.39 is 33.5 Å². The van der Waals surface area contributed by atoms with E-state index in [9.17, 15) is 14.9 Å². The highest BCUT2D eigenvalue weighted by Gasteiger charge is 2.67. The summed E-state index contributed by atoms with van der Waals surface area (Å²) in [7, 11) is 0. The van der Waals surface area contributed by atoms with Crippen molar-refractivity contribution in [2.24, 2.45) is 5.92 Å². The minimum Gasteiger partial charge on any atom is -0.334 e. The van der Waals surface area contributed by atoms with Gasteiger partial charge < -0.3 is 10.6 Å². The van der Waals surface area contributed by atoms with E-state index in [-0.39, 0.29) is 10.6 Å². The summed E-state index contributed by atoms with van der Waals surface area (Å²) in [5.74, 6) is -2.08. The minimum absolute atomic E-state index is 0.158. The number of rotatable bonds is 5. The second kappa shape index (κ2) is 8.59. The lowest BCUT2D eigenvalue weighted by Crippen LogP contribution is -2.52. The van der Waals surface area contributed by atoms with Crippen LogP contribution in [-0.4, -0.2) is 21.7 Å². The highest BCUT2D eigenvalue weighted by molar-refractivity contribution is 6.53. The number of nitriles is 1. The third-order valence-electron chi connectivity index (χ3n) is 5.89. The second-order valence-corrected chi connectivity index (χ2v) is 10.7. The molecular weight excluding hydrogens is 516 g/mol. The smallest absolute Gasteiger partial charge is 0.254 e. The molecule has 2 aliphatic carbocycles.